The van der Waals surface area contributed by atoms with E-state index in [4.69, 9.17) is 21.3 Å². The molecule has 0 atom stereocenters. The molecule has 0 aliphatic carbocycles. The molecule has 176 valence electrons. The van der Waals surface area contributed by atoms with Gasteiger partial charge in [0, 0.05) is 38.0 Å². The average molecular weight is 464 g/mol. The fourth-order valence-electron chi connectivity index (χ4n) is 4.23. The third-order valence-electron chi connectivity index (χ3n) is 5.86. The molecular formula is C24H34ClN3O4. The van der Waals surface area contributed by atoms with Crippen molar-refractivity contribution in [1.29, 1.82) is 0 Å². The van der Waals surface area contributed by atoms with Crippen LogP contribution in [0, 0.1) is 5.92 Å². The van der Waals surface area contributed by atoms with Crippen molar-refractivity contribution in [3.05, 3.63) is 22.3 Å². The molecule has 7 nitrogen and oxygen atoms in total. The molecule has 1 aromatic heterocycles. The number of hydrogen-bond acceptors (Lipinski definition) is 6. The van der Waals surface area contributed by atoms with Crippen molar-refractivity contribution in [1.82, 2.24) is 9.88 Å². The molecule has 0 unspecified atom stereocenters. The number of amides is 1. The third kappa shape index (κ3) is 6.00. The molecule has 0 spiro atoms. The van der Waals surface area contributed by atoms with Crippen LogP contribution in [0.25, 0.3) is 0 Å². The van der Waals surface area contributed by atoms with Gasteiger partial charge in [0.2, 0.25) is 5.91 Å². The maximum atomic E-state index is 12.7. The normalized spacial score (nSPS) is 17.7. The summed E-state index contributed by atoms with van der Waals surface area (Å²) in [7, 11) is 0. The number of carbonyl (C=O) groups is 3. The number of ketones is 1. The van der Waals surface area contributed by atoms with Gasteiger partial charge in [-0.25, -0.2) is 4.98 Å². The van der Waals surface area contributed by atoms with Crippen LogP contribution in [0.2, 0.25) is 5.02 Å². The Labute approximate surface area is 195 Å². The van der Waals surface area contributed by atoms with E-state index >= 15 is 0 Å². The van der Waals surface area contributed by atoms with Gasteiger partial charge in [-0.2, -0.15) is 0 Å². The van der Waals surface area contributed by atoms with Gasteiger partial charge in [-0.3, -0.25) is 14.4 Å². The maximum absolute atomic E-state index is 12.7. The van der Waals surface area contributed by atoms with Crippen molar-refractivity contribution in [3.63, 3.8) is 0 Å². The molecule has 0 saturated carbocycles. The topological polar surface area (TPSA) is 79.8 Å². The van der Waals surface area contributed by atoms with Gasteiger partial charge in [0.15, 0.2) is 5.78 Å². The van der Waals surface area contributed by atoms with Gasteiger partial charge in [0.1, 0.15) is 11.4 Å². The van der Waals surface area contributed by atoms with Crippen LogP contribution in [0.15, 0.2) is 6.07 Å². The Balaban J connectivity index is 1.79. The minimum absolute atomic E-state index is 0.00118. The molecular weight excluding hydrogens is 430 g/mol. The standard InChI is InChI=1S/C24H34ClN3O4/c1-5-7-20(29)17-14-18(25)22(26-19(17)15-28-11-6-8-21(28)30)27-12-9-16(10-13-27)23(31)32-24(2,3)4/h14,16H,5-13,15H2,1-4H3. The van der Waals surface area contributed by atoms with Crippen molar-refractivity contribution in [2.75, 3.05) is 24.5 Å². The van der Waals surface area contributed by atoms with Gasteiger partial charge in [-0.15, -0.1) is 0 Å². The van der Waals surface area contributed by atoms with Gasteiger partial charge in [0.25, 0.3) is 0 Å². The summed E-state index contributed by atoms with van der Waals surface area (Å²) in [6, 6.07) is 1.71. The summed E-state index contributed by atoms with van der Waals surface area (Å²) in [5.74, 6) is 0.402. The Hall–Kier alpha value is -2.15. The second-order valence-corrected chi connectivity index (χ2v) is 10.1. The number of pyridine rings is 1. The van der Waals surface area contributed by atoms with Crippen LogP contribution in [0.5, 0.6) is 0 Å². The molecule has 2 fully saturated rings. The predicted octanol–water partition coefficient (Wildman–Crippen LogP) is 4.40. The van der Waals surface area contributed by atoms with Crippen LogP contribution in [0.3, 0.4) is 0 Å². The highest BCUT2D eigenvalue weighted by molar-refractivity contribution is 6.33. The van der Waals surface area contributed by atoms with Crippen molar-refractivity contribution < 1.29 is 19.1 Å². The quantitative estimate of drug-likeness (QED) is 0.440. The number of likely N-dealkylation sites (tertiary alicyclic amines) is 1. The van der Waals surface area contributed by atoms with Gasteiger partial charge in [-0.05, 0) is 52.5 Å². The Morgan fingerprint density at radius 1 is 1.22 bits per heavy atom. The van der Waals surface area contributed by atoms with E-state index in [0.29, 0.717) is 74.0 Å². The number of aromatic nitrogens is 1. The van der Waals surface area contributed by atoms with E-state index in [9.17, 15) is 14.4 Å². The Morgan fingerprint density at radius 3 is 2.47 bits per heavy atom. The summed E-state index contributed by atoms with van der Waals surface area (Å²) in [6.45, 7) is 9.83. The summed E-state index contributed by atoms with van der Waals surface area (Å²) >= 11 is 6.58. The molecule has 0 N–H and O–H groups in total. The summed E-state index contributed by atoms with van der Waals surface area (Å²) in [5, 5.41) is 0.427. The summed E-state index contributed by atoms with van der Waals surface area (Å²) in [4.78, 5) is 45.9. The highest BCUT2D eigenvalue weighted by Crippen LogP contribution is 2.32. The third-order valence-corrected chi connectivity index (χ3v) is 6.14. The first-order valence-corrected chi connectivity index (χ1v) is 11.9. The lowest BCUT2D eigenvalue weighted by atomic mass is 9.96. The van der Waals surface area contributed by atoms with Crippen LogP contribution in [0.4, 0.5) is 5.82 Å². The second-order valence-electron chi connectivity index (χ2n) is 9.67. The first-order chi connectivity index (χ1) is 15.1. The zero-order valence-electron chi connectivity index (χ0n) is 19.6. The number of Topliss-reactive ketones (excluding diaryl/α,β-unsaturated/α-hetero) is 1. The van der Waals surface area contributed by atoms with E-state index in [1.54, 1.807) is 11.0 Å². The Morgan fingerprint density at radius 2 is 1.91 bits per heavy atom. The number of anilines is 1. The van der Waals surface area contributed by atoms with Crippen molar-refractivity contribution in [3.8, 4) is 0 Å². The molecule has 2 saturated heterocycles. The molecule has 0 radical (unpaired) electrons. The maximum Gasteiger partial charge on any atom is 0.309 e. The molecule has 1 aromatic rings. The van der Waals surface area contributed by atoms with Crippen LogP contribution in [-0.2, 0) is 20.9 Å². The largest absolute Gasteiger partial charge is 0.460 e. The minimum atomic E-state index is -0.498. The van der Waals surface area contributed by atoms with Gasteiger partial charge in [0.05, 0.1) is 23.2 Å². The zero-order chi connectivity index (χ0) is 23.5. The lowest BCUT2D eigenvalue weighted by Gasteiger charge is -2.34. The summed E-state index contributed by atoms with van der Waals surface area (Å²) in [6.07, 6.45) is 3.83. The molecule has 1 amide bonds. The molecule has 3 rings (SSSR count). The van der Waals surface area contributed by atoms with Crippen molar-refractivity contribution >= 4 is 35.1 Å². The Bertz CT molecular complexity index is 873. The number of piperidine rings is 1. The van der Waals surface area contributed by atoms with E-state index in [-0.39, 0.29) is 23.6 Å². The molecule has 8 heteroatoms. The lowest BCUT2D eigenvalue weighted by Crippen LogP contribution is -2.39. The highest BCUT2D eigenvalue weighted by Gasteiger charge is 2.31. The predicted molar refractivity (Wildman–Crippen MR) is 124 cm³/mol. The first kappa shape index (κ1) is 24.5. The average Bonchev–Trinajstić information content (AvgIpc) is 3.12. The molecule has 2 aliphatic heterocycles. The zero-order valence-corrected chi connectivity index (χ0v) is 20.3. The minimum Gasteiger partial charge on any atom is -0.460 e. The van der Waals surface area contributed by atoms with Crippen molar-refractivity contribution in [2.24, 2.45) is 5.92 Å². The van der Waals surface area contributed by atoms with Crippen LogP contribution >= 0.6 is 11.6 Å². The van der Waals surface area contributed by atoms with Crippen LogP contribution < -0.4 is 4.90 Å². The second kappa shape index (κ2) is 10.2. The van der Waals surface area contributed by atoms with Crippen LogP contribution in [-0.4, -0.2) is 52.8 Å². The van der Waals surface area contributed by atoms with E-state index in [1.807, 2.05) is 27.7 Å². The molecule has 0 aromatic carbocycles. The molecule has 2 aliphatic rings. The fraction of sp³-hybridized carbons (Fsp3) is 0.667. The highest BCUT2D eigenvalue weighted by atomic mass is 35.5. The van der Waals surface area contributed by atoms with Gasteiger partial charge < -0.3 is 14.5 Å². The van der Waals surface area contributed by atoms with Gasteiger partial charge >= 0.3 is 5.97 Å². The number of nitrogens with zero attached hydrogens (tertiary/aromatic N) is 3. The summed E-state index contributed by atoms with van der Waals surface area (Å²) < 4.78 is 5.54. The number of carbonyl (C=O) groups excluding carboxylic acids is 3. The number of esters is 1. The molecule has 32 heavy (non-hydrogen) atoms. The number of ether oxygens (including phenoxy) is 1. The number of hydrogen-bond donors (Lipinski definition) is 0. The van der Waals surface area contributed by atoms with Crippen LogP contribution in [0.1, 0.15) is 82.3 Å². The monoisotopic (exact) mass is 463 g/mol. The van der Waals surface area contributed by atoms with E-state index in [2.05, 4.69) is 4.90 Å². The first-order valence-electron chi connectivity index (χ1n) is 11.6. The van der Waals surface area contributed by atoms with Gasteiger partial charge in [-0.1, -0.05) is 18.5 Å². The molecule has 3 heterocycles. The number of rotatable bonds is 7. The smallest absolute Gasteiger partial charge is 0.309 e. The lowest BCUT2D eigenvalue weighted by molar-refractivity contribution is -0.160. The van der Waals surface area contributed by atoms with E-state index < -0.39 is 5.60 Å². The molecule has 0 bridgehead atoms. The number of halogens is 1. The fourth-order valence-corrected chi connectivity index (χ4v) is 4.50. The SMILES string of the molecule is CCCC(=O)c1cc(Cl)c(N2CCC(C(=O)OC(C)(C)C)CC2)nc1CN1CCCC1=O. The Kier molecular flexibility index (Phi) is 7.80. The van der Waals surface area contributed by atoms with Crippen molar-refractivity contribution in [2.45, 2.75) is 78.4 Å². The van der Waals surface area contributed by atoms with E-state index in [1.165, 1.54) is 0 Å². The summed E-state index contributed by atoms with van der Waals surface area (Å²) in [5.41, 5.74) is 0.610. The van der Waals surface area contributed by atoms with E-state index in [0.717, 1.165) is 12.8 Å².